The van der Waals surface area contributed by atoms with Crippen LogP contribution in [-0.2, 0) is 13.6 Å². The lowest BCUT2D eigenvalue weighted by atomic mass is 10.2. The zero-order valence-electron chi connectivity index (χ0n) is 17.0. The third kappa shape index (κ3) is 5.03. The maximum Gasteiger partial charge on any atom is 0.329 e. The van der Waals surface area contributed by atoms with Gasteiger partial charge in [0.15, 0.2) is 11.2 Å². The van der Waals surface area contributed by atoms with Gasteiger partial charge in [-0.1, -0.05) is 31.4 Å². The van der Waals surface area contributed by atoms with Crippen LogP contribution in [0.15, 0.2) is 33.9 Å². The molecule has 1 aromatic carbocycles. The van der Waals surface area contributed by atoms with E-state index in [0.29, 0.717) is 23.3 Å². The molecule has 0 fully saturated rings. The lowest BCUT2D eigenvalue weighted by Gasteiger charge is -2.16. The van der Waals surface area contributed by atoms with Gasteiger partial charge >= 0.3 is 5.69 Å². The predicted octanol–water partition coefficient (Wildman–Crippen LogP) is 2.12. The van der Waals surface area contributed by atoms with E-state index in [1.165, 1.54) is 4.57 Å². The maximum absolute atomic E-state index is 12.5. The van der Waals surface area contributed by atoms with E-state index in [1.54, 1.807) is 35.9 Å². The third-order valence-electron chi connectivity index (χ3n) is 4.72. The van der Waals surface area contributed by atoms with Gasteiger partial charge in [-0.25, -0.2) is 4.79 Å². The average Bonchev–Trinajstić information content (AvgIpc) is 3.08. The van der Waals surface area contributed by atoms with Crippen LogP contribution in [-0.4, -0.2) is 43.5 Å². The molecule has 0 amide bonds. The van der Waals surface area contributed by atoms with E-state index in [2.05, 4.69) is 22.2 Å². The van der Waals surface area contributed by atoms with Gasteiger partial charge in [0.25, 0.3) is 5.56 Å². The number of unbranched alkanes of at least 4 members (excludes halogenated alkanes) is 2. The van der Waals surface area contributed by atoms with Gasteiger partial charge in [0, 0.05) is 18.6 Å². The van der Waals surface area contributed by atoms with Gasteiger partial charge in [-0.15, -0.1) is 0 Å². The molecular formula is C20H26ClN5O4. The number of nitrogens with one attached hydrogen (secondary N) is 2. The summed E-state index contributed by atoms with van der Waals surface area (Å²) in [6.07, 6.45) is 2.17. The number of benzene rings is 1. The molecule has 1 atom stereocenters. The van der Waals surface area contributed by atoms with Crippen LogP contribution in [0.3, 0.4) is 0 Å². The first-order valence-corrected chi connectivity index (χ1v) is 10.3. The molecule has 3 N–H and O–H groups in total. The first-order valence-electron chi connectivity index (χ1n) is 9.90. The summed E-state index contributed by atoms with van der Waals surface area (Å²) in [5, 5.41) is 14.3. The molecular weight excluding hydrogens is 410 g/mol. The average molecular weight is 436 g/mol. The minimum Gasteiger partial charge on any atom is -0.491 e. The topological polar surface area (TPSA) is 114 Å². The number of anilines is 1. The summed E-state index contributed by atoms with van der Waals surface area (Å²) in [7, 11) is 1.54. The van der Waals surface area contributed by atoms with Gasteiger partial charge < -0.3 is 19.7 Å². The Labute approximate surface area is 178 Å². The number of hydrogen-bond donors (Lipinski definition) is 3. The lowest BCUT2D eigenvalue weighted by Crippen LogP contribution is -2.31. The molecule has 0 saturated carbocycles. The largest absolute Gasteiger partial charge is 0.491 e. The van der Waals surface area contributed by atoms with Crippen molar-refractivity contribution < 1.29 is 9.84 Å². The van der Waals surface area contributed by atoms with Crippen LogP contribution in [0.4, 0.5) is 5.95 Å². The Morgan fingerprint density at radius 2 is 2.00 bits per heavy atom. The molecule has 2 aromatic heterocycles. The molecule has 2 heterocycles. The van der Waals surface area contributed by atoms with Crippen molar-refractivity contribution >= 4 is 28.7 Å². The SMILES string of the molecule is CCCCCNc1nc2c(c(=O)[nH]c(=O)n2C)n1C[C@@H](O)COc1ccc(Cl)cc1. The summed E-state index contributed by atoms with van der Waals surface area (Å²) in [6.45, 7) is 2.86. The van der Waals surface area contributed by atoms with Crippen LogP contribution >= 0.6 is 11.6 Å². The summed E-state index contributed by atoms with van der Waals surface area (Å²) in [6, 6.07) is 6.82. The van der Waals surface area contributed by atoms with E-state index in [-0.39, 0.29) is 24.3 Å². The van der Waals surface area contributed by atoms with E-state index in [4.69, 9.17) is 16.3 Å². The van der Waals surface area contributed by atoms with Crippen molar-refractivity contribution in [3.05, 3.63) is 50.1 Å². The Hall–Kier alpha value is -2.78. The number of aromatic amines is 1. The van der Waals surface area contributed by atoms with Crippen LogP contribution in [0.1, 0.15) is 26.2 Å². The van der Waals surface area contributed by atoms with Gasteiger partial charge in [-0.2, -0.15) is 4.98 Å². The van der Waals surface area contributed by atoms with Gasteiger partial charge in [0.1, 0.15) is 18.5 Å². The second kappa shape index (κ2) is 9.82. The lowest BCUT2D eigenvalue weighted by molar-refractivity contribution is 0.0938. The number of aliphatic hydroxyl groups excluding tert-OH is 1. The zero-order valence-corrected chi connectivity index (χ0v) is 17.8. The molecule has 0 aliphatic heterocycles. The maximum atomic E-state index is 12.5. The number of imidazole rings is 1. The molecule has 3 rings (SSSR count). The van der Waals surface area contributed by atoms with E-state index in [1.807, 2.05) is 0 Å². The van der Waals surface area contributed by atoms with E-state index in [9.17, 15) is 14.7 Å². The highest BCUT2D eigenvalue weighted by Gasteiger charge is 2.19. The Morgan fingerprint density at radius 3 is 2.70 bits per heavy atom. The molecule has 0 unspecified atom stereocenters. The minimum absolute atomic E-state index is 0.0141. The van der Waals surface area contributed by atoms with Crippen LogP contribution in [0.5, 0.6) is 5.75 Å². The summed E-state index contributed by atoms with van der Waals surface area (Å²) >= 11 is 5.86. The number of ether oxygens (including phenoxy) is 1. The van der Waals surface area contributed by atoms with Crippen LogP contribution in [0.2, 0.25) is 5.02 Å². The number of aromatic nitrogens is 4. The second-order valence-electron chi connectivity index (χ2n) is 7.09. The fraction of sp³-hybridized carbons (Fsp3) is 0.450. The van der Waals surface area contributed by atoms with Gasteiger partial charge in [0.2, 0.25) is 5.95 Å². The Balaban J connectivity index is 1.84. The molecule has 10 heteroatoms. The smallest absolute Gasteiger partial charge is 0.329 e. The molecule has 0 spiro atoms. The van der Waals surface area contributed by atoms with Gasteiger partial charge in [-0.05, 0) is 30.7 Å². The summed E-state index contributed by atoms with van der Waals surface area (Å²) < 4.78 is 8.48. The minimum atomic E-state index is -0.911. The Morgan fingerprint density at radius 1 is 1.27 bits per heavy atom. The second-order valence-corrected chi connectivity index (χ2v) is 7.53. The normalized spacial score (nSPS) is 12.3. The number of aryl methyl sites for hydroxylation is 1. The number of fused-ring (bicyclic) bond motifs is 1. The Bertz CT molecular complexity index is 1100. The van der Waals surface area contributed by atoms with Crippen molar-refractivity contribution in [3.63, 3.8) is 0 Å². The van der Waals surface area contributed by atoms with Crippen molar-refractivity contribution in [2.45, 2.75) is 38.8 Å². The monoisotopic (exact) mass is 435 g/mol. The van der Waals surface area contributed by atoms with E-state index in [0.717, 1.165) is 19.3 Å². The van der Waals surface area contributed by atoms with Crippen LogP contribution in [0.25, 0.3) is 11.2 Å². The van der Waals surface area contributed by atoms with Crippen molar-refractivity contribution in [1.29, 1.82) is 0 Å². The van der Waals surface area contributed by atoms with Crippen molar-refractivity contribution in [2.75, 3.05) is 18.5 Å². The number of H-pyrrole nitrogens is 1. The first kappa shape index (κ1) is 21.9. The molecule has 30 heavy (non-hydrogen) atoms. The highest BCUT2D eigenvalue weighted by atomic mass is 35.5. The van der Waals surface area contributed by atoms with Gasteiger partial charge in [-0.3, -0.25) is 14.3 Å². The number of rotatable bonds is 10. The molecule has 0 aliphatic rings. The number of nitrogens with zero attached hydrogens (tertiary/aromatic N) is 3. The molecule has 9 nitrogen and oxygen atoms in total. The zero-order chi connectivity index (χ0) is 21.7. The molecule has 0 saturated heterocycles. The van der Waals surface area contributed by atoms with Crippen molar-refractivity contribution in [1.82, 2.24) is 19.1 Å². The molecule has 3 aromatic rings. The van der Waals surface area contributed by atoms with Gasteiger partial charge in [0.05, 0.1) is 6.54 Å². The van der Waals surface area contributed by atoms with Crippen LogP contribution in [0, 0.1) is 0 Å². The van der Waals surface area contributed by atoms with Crippen molar-refractivity contribution in [3.8, 4) is 5.75 Å². The predicted molar refractivity (Wildman–Crippen MR) is 117 cm³/mol. The highest BCUT2D eigenvalue weighted by molar-refractivity contribution is 6.30. The highest BCUT2D eigenvalue weighted by Crippen LogP contribution is 2.18. The standard InChI is InChI=1S/C20H26ClN5O4/c1-3-4-5-10-22-19-23-17-16(18(28)24-20(29)25(17)2)26(19)11-14(27)12-30-15-8-6-13(21)7-9-15/h6-9,14,27H,3-5,10-12H2,1-2H3,(H,22,23)(H,24,28,29)/t14-/m1/s1. The molecule has 162 valence electrons. The number of aliphatic hydroxyl groups is 1. The first-order chi connectivity index (χ1) is 14.4. The number of halogens is 1. The molecule has 0 radical (unpaired) electrons. The number of hydrogen-bond acceptors (Lipinski definition) is 6. The molecule has 0 aliphatic carbocycles. The van der Waals surface area contributed by atoms with Crippen molar-refractivity contribution in [2.24, 2.45) is 7.05 Å². The third-order valence-corrected chi connectivity index (χ3v) is 4.97. The van der Waals surface area contributed by atoms with Crippen LogP contribution < -0.4 is 21.3 Å². The Kier molecular flexibility index (Phi) is 7.17. The summed E-state index contributed by atoms with van der Waals surface area (Å²) in [4.78, 5) is 31.1. The quantitative estimate of drug-likeness (QED) is 0.420. The fourth-order valence-electron chi connectivity index (χ4n) is 3.11. The fourth-order valence-corrected chi connectivity index (χ4v) is 3.24. The van der Waals surface area contributed by atoms with E-state index < -0.39 is 17.4 Å². The summed E-state index contributed by atoms with van der Waals surface area (Å²) in [5.74, 6) is 1.01. The summed E-state index contributed by atoms with van der Waals surface area (Å²) in [5.41, 5.74) is -0.609. The molecule has 0 bridgehead atoms. The van der Waals surface area contributed by atoms with E-state index >= 15 is 0 Å².